The van der Waals surface area contributed by atoms with Crippen molar-refractivity contribution in [3.8, 4) is 11.5 Å². The molecule has 2 aromatic rings. The molecule has 0 aliphatic rings. The zero-order valence-corrected chi connectivity index (χ0v) is 23.7. The van der Waals surface area contributed by atoms with E-state index in [0.29, 0.717) is 42.1 Å². The van der Waals surface area contributed by atoms with Gasteiger partial charge in [0.05, 0.1) is 0 Å². The summed E-state index contributed by atoms with van der Waals surface area (Å²) in [5, 5.41) is 4.23. The number of hydrogen-bond acceptors (Lipinski definition) is 6. The number of carbonyl (C=O) groups is 1. The molecular formula is C25H35N3O5SeSi. The average molecular weight is 565 g/mol. The second-order valence-corrected chi connectivity index (χ2v) is 16.9. The van der Waals surface area contributed by atoms with Gasteiger partial charge in [0.25, 0.3) is 0 Å². The predicted octanol–water partition coefficient (Wildman–Crippen LogP) is 5.16. The van der Waals surface area contributed by atoms with Gasteiger partial charge in [-0.05, 0) is 0 Å². The number of ether oxygens (including phenoxy) is 4. The molecule has 0 fully saturated rings. The Kier molecular flexibility index (Phi) is 12.7. The third-order valence-corrected chi connectivity index (χ3v) is 8.83. The van der Waals surface area contributed by atoms with Gasteiger partial charge < -0.3 is 5.53 Å². The fraction of sp³-hybridized carbons (Fsp3) is 0.480. The van der Waals surface area contributed by atoms with Crippen molar-refractivity contribution in [1.29, 1.82) is 0 Å². The molecule has 0 atom stereocenters. The number of hydrogen-bond donors (Lipinski definition) is 0. The zero-order valence-electron chi connectivity index (χ0n) is 21.0. The second kappa shape index (κ2) is 15.5. The third kappa shape index (κ3) is 11.2. The molecule has 0 saturated carbocycles. The molecule has 8 nitrogen and oxygen atoms in total. The number of rotatable bonds is 16. The topological polar surface area (TPSA) is 103 Å². The summed E-state index contributed by atoms with van der Waals surface area (Å²) in [5.74, 6) is 0.641. The van der Waals surface area contributed by atoms with Crippen molar-refractivity contribution in [3.63, 3.8) is 0 Å². The third-order valence-electron chi connectivity index (χ3n) is 4.90. The maximum atomic E-state index is 13.2. The van der Waals surface area contributed by atoms with Crippen LogP contribution in [0.3, 0.4) is 0 Å². The molecule has 0 heterocycles. The number of azide groups is 1. The van der Waals surface area contributed by atoms with Gasteiger partial charge in [0.1, 0.15) is 0 Å². The van der Waals surface area contributed by atoms with Gasteiger partial charge in [-0.1, -0.05) is 0 Å². The molecule has 190 valence electrons. The first-order chi connectivity index (χ1) is 16.8. The molecular weight excluding hydrogens is 529 g/mol. The number of benzene rings is 2. The molecule has 0 aliphatic carbocycles. The van der Waals surface area contributed by atoms with E-state index in [9.17, 15) is 4.79 Å². The number of esters is 1. The van der Waals surface area contributed by atoms with Crippen molar-refractivity contribution in [1.82, 2.24) is 0 Å². The van der Waals surface area contributed by atoms with E-state index in [1.165, 1.54) is 11.6 Å². The number of unbranched alkanes of at least 4 members (excludes halogenated alkanes) is 1. The van der Waals surface area contributed by atoms with Crippen LogP contribution in [0.2, 0.25) is 25.7 Å². The van der Waals surface area contributed by atoms with Crippen molar-refractivity contribution in [2.24, 2.45) is 5.11 Å². The molecule has 0 saturated heterocycles. The summed E-state index contributed by atoms with van der Waals surface area (Å²) in [6.45, 7) is 8.06. The zero-order chi connectivity index (χ0) is 25.5. The Morgan fingerprint density at radius 3 is 2.54 bits per heavy atom. The van der Waals surface area contributed by atoms with E-state index in [2.05, 4.69) is 41.8 Å². The molecule has 0 aliphatic heterocycles. The SMILES string of the molecule is COCOc1cc(OCCCCN=[N+]=[N-])cc(C[Se]c2ccccc2)c1C(=O)OCC[Si](C)(C)C. The van der Waals surface area contributed by atoms with E-state index < -0.39 is 8.07 Å². The van der Waals surface area contributed by atoms with Crippen LogP contribution in [0.1, 0.15) is 28.8 Å². The van der Waals surface area contributed by atoms with E-state index in [4.69, 9.17) is 24.5 Å². The fourth-order valence-corrected chi connectivity index (χ4v) is 5.63. The van der Waals surface area contributed by atoms with Crippen molar-refractivity contribution in [2.75, 3.05) is 33.7 Å². The summed E-state index contributed by atoms with van der Waals surface area (Å²) in [5.41, 5.74) is 9.67. The minimum absolute atomic E-state index is 0.00801. The quantitative estimate of drug-likeness (QED) is 0.0533. The Hall–Kier alpha value is -2.48. The molecule has 0 unspecified atom stereocenters. The van der Waals surface area contributed by atoms with E-state index in [1.807, 2.05) is 24.3 Å². The van der Waals surface area contributed by atoms with Crippen LogP contribution >= 0.6 is 0 Å². The van der Waals surface area contributed by atoms with Gasteiger partial charge in [0.2, 0.25) is 0 Å². The van der Waals surface area contributed by atoms with Crippen LogP contribution in [0.25, 0.3) is 10.4 Å². The normalized spacial score (nSPS) is 11.0. The summed E-state index contributed by atoms with van der Waals surface area (Å²) in [7, 11) is 0.197. The molecule has 10 heteroatoms. The molecule has 2 aromatic carbocycles. The summed E-state index contributed by atoms with van der Waals surface area (Å²) in [4.78, 5) is 16.0. The van der Waals surface area contributed by atoms with Gasteiger partial charge in [0, 0.05) is 0 Å². The van der Waals surface area contributed by atoms with E-state index >= 15 is 0 Å². The van der Waals surface area contributed by atoms with Crippen molar-refractivity contribution < 1.29 is 23.7 Å². The summed E-state index contributed by atoms with van der Waals surface area (Å²) >= 11 is 0.112. The summed E-state index contributed by atoms with van der Waals surface area (Å²) < 4.78 is 23.8. The van der Waals surface area contributed by atoms with Gasteiger partial charge in [0.15, 0.2) is 0 Å². The molecule has 0 aromatic heterocycles. The van der Waals surface area contributed by atoms with Crippen LogP contribution in [-0.2, 0) is 14.8 Å². The first-order valence-corrected chi connectivity index (χ1v) is 17.4. The van der Waals surface area contributed by atoms with Gasteiger partial charge in [-0.3, -0.25) is 0 Å². The molecule has 0 spiro atoms. The Balaban J connectivity index is 2.28. The van der Waals surface area contributed by atoms with Gasteiger partial charge >= 0.3 is 210 Å². The van der Waals surface area contributed by atoms with Crippen LogP contribution in [0, 0.1) is 0 Å². The average Bonchev–Trinajstić information content (AvgIpc) is 2.83. The number of methoxy groups -OCH3 is 1. The van der Waals surface area contributed by atoms with Crippen LogP contribution < -0.4 is 13.9 Å². The first kappa shape index (κ1) is 28.8. The number of nitrogens with zero attached hydrogens (tertiary/aromatic N) is 3. The van der Waals surface area contributed by atoms with Crippen LogP contribution in [-0.4, -0.2) is 62.7 Å². The number of carbonyl (C=O) groups excluding carboxylic acids is 1. The van der Waals surface area contributed by atoms with Crippen molar-refractivity contribution in [2.45, 2.75) is 43.8 Å². The van der Waals surface area contributed by atoms with Gasteiger partial charge in [-0.25, -0.2) is 0 Å². The van der Waals surface area contributed by atoms with Crippen LogP contribution in [0.4, 0.5) is 0 Å². The van der Waals surface area contributed by atoms with Crippen molar-refractivity contribution >= 4 is 33.5 Å². The fourth-order valence-electron chi connectivity index (χ4n) is 3.03. The van der Waals surface area contributed by atoms with E-state index in [1.54, 1.807) is 6.07 Å². The van der Waals surface area contributed by atoms with Gasteiger partial charge in [-0.2, -0.15) is 0 Å². The Morgan fingerprint density at radius 2 is 1.86 bits per heavy atom. The minimum atomic E-state index is -1.34. The molecule has 0 amide bonds. The summed E-state index contributed by atoms with van der Waals surface area (Å²) in [6.07, 6.45) is 1.49. The molecule has 2 rings (SSSR count). The standard InChI is InChI=1S/C25H35N3O5SeSi/c1-30-19-33-23-17-21(31-13-9-8-12-27-28-26)16-20(18-34-22-10-6-5-7-11-22)24(23)25(29)32-14-15-35(2,3)4/h5-7,10-11,16-17H,8-9,12-15,18-19H2,1-4H3. The van der Waals surface area contributed by atoms with E-state index in [-0.39, 0.29) is 27.7 Å². The molecule has 0 bridgehead atoms. The molecule has 0 N–H and O–H groups in total. The molecule has 0 radical (unpaired) electrons. The Labute approximate surface area is 215 Å². The van der Waals surface area contributed by atoms with Crippen LogP contribution in [0.5, 0.6) is 11.5 Å². The maximum absolute atomic E-state index is 13.2. The monoisotopic (exact) mass is 565 g/mol. The summed E-state index contributed by atoms with van der Waals surface area (Å²) in [6, 6.07) is 14.8. The van der Waals surface area contributed by atoms with Gasteiger partial charge in [-0.15, -0.1) is 0 Å². The predicted molar refractivity (Wildman–Crippen MR) is 142 cm³/mol. The Morgan fingerprint density at radius 1 is 1.09 bits per heavy atom. The second-order valence-electron chi connectivity index (χ2n) is 9.06. The van der Waals surface area contributed by atoms with Crippen molar-refractivity contribution in [3.05, 3.63) is 64.0 Å². The van der Waals surface area contributed by atoms with Crippen LogP contribution in [0.15, 0.2) is 47.6 Å². The first-order valence-electron chi connectivity index (χ1n) is 11.6. The Bertz CT molecular complexity index is 979. The molecule has 35 heavy (non-hydrogen) atoms. The van der Waals surface area contributed by atoms with E-state index in [0.717, 1.165) is 24.4 Å².